The maximum atomic E-state index is 12.6. The number of esters is 8. The lowest BCUT2D eigenvalue weighted by Gasteiger charge is -2.40. The second-order valence-corrected chi connectivity index (χ2v) is 47.7. The van der Waals surface area contributed by atoms with Crippen molar-refractivity contribution in [1.82, 2.24) is 11.0 Å². The molecule has 4 heterocycles. The topological polar surface area (TPSA) is 458 Å². The van der Waals surface area contributed by atoms with Gasteiger partial charge in [0.15, 0.2) is 0 Å². The Bertz CT molecular complexity index is 3680. The smallest absolute Gasteiger partial charge is 0.310 e. The minimum absolute atomic E-state index is 0. The fraction of sp³-hybridized carbons (Fsp3) is 0.828. The molecule has 1 radical (unpaired) electrons. The Balaban J connectivity index is 0.000000526. The summed E-state index contributed by atoms with van der Waals surface area (Å²) in [5.41, 5.74) is -1.86. The standard InChI is InChI=1S/C17H30O6.2C17H28O5.C14H22O5.2C12H19NO4.C6H14Si.C4H8O.BH2/c1-5-22-14(19)12-7-9-17(21,8-6-10-18)11-13(12)15(20)23-16(2,3)4;1-5-20-14(18)12-7-9-17(8-6-10-21-17)11-13(12)15(19)22-16(2,3)4;1-6-9-17(20)10-8-12(14(18)21-7-2)13(11-17)15(19)22-16(3,4)5;1-5-18-12(16)10-7-6-9(15)8-11(10)13(17)19-14(2,3)4;1-8(14)10-7-12(4-2-6-17-12)5-3-9(10)11(15)13-16;1-8(14)9-3-5-12(4-2-6-17-12)7-10(9)11(15)13-16;1-5-6-7(2,3)4;1-2-4-5-3-1;/h12-13,18,21H,5-11H2,1-4H3;12-13H,5-11H2,1-4H3;6,12-13,20H,1,7-11H2,2-5H3;10-11H,5-8H2,1-4H3;2*9-10,16H,2-7H2,1H3,(H,13,15);5H,1,6H2,2-4H3;1-4H2;1H2/t3*12-,13-,17?;10-,11-;2*9-,10+,12?;;;/m000001.../s1. The average Bonchev–Trinajstić information content (AvgIpc) is 1.47. The van der Waals surface area contributed by atoms with E-state index in [9.17, 15) is 72.5 Å². The Morgan fingerprint density at radius 3 is 1.05 bits per heavy atom. The van der Waals surface area contributed by atoms with Gasteiger partial charge in [0.05, 0.1) is 116 Å². The SMILES string of the molecule is C1CCOC1.C=CCC1(O)CC[C@H](C(=O)OCC)[C@@H](C(=O)OC(C)(C)C)C1.C=CC[Si](C)(C)C.CC(=O)[C@H]1CC2(CCCO2)CC[C@@H]1C(=O)NO.CC(=O)[C@H]1CCC2(CCCO2)C[C@@H]1C(=O)NO.CCOC(=O)[C@H]1CCC(=O)C[C@@H]1C(=O)OC(C)(C)C.CCOC(=O)[C@H]1CCC(O)(CCCO)C[C@@H]1C(=O)OC(C)(C)C.CCOC(=O)[C@H]1CCC2(CCCO2)C[C@@H]1C(=O)OC(C)(C)C.[BH2]. The van der Waals surface area contributed by atoms with E-state index >= 15 is 0 Å². The van der Waals surface area contributed by atoms with Gasteiger partial charge in [-0.1, -0.05) is 31.8 Å². The van der Waals surface area contributed by atoms with Gasteiger partial charge in [0, 0.05) is 78.3 Å². The number of Topliss-reactive ketones (excluding diaryl/α,β-unsaturated/α-hetero) is 3. The van der Waals surface area contributed by atoms with Crippen molar-refractivity contribution < 1.29 is 145 Å². The van der Waals surface area contributed by atoms with Crippen LogP contribution >= 0.6 is 0 Å². The molecule has 0 bridgehead atoms. The van der Waals surface area contributed by atoms with Crippen molar-refractivity contribution in [2.24, 2.45) is 71.0 Å². The summed E-state index contributed by atoms with van der Waals surface area (Å²) in [6, 6.07) is 1.24. The molecule has 10 rings (SSSR count). The van der Waals surface area contributed by atoms with Crippen LogP contribution in [0.4, 0.5) is 0 Å². The minimum atomic E-state index is -1.05. The molecule has 10 aliphatic rings. The highest BCUT2D eigenvalue weighted by Gasteiger charge is 2.54. The van der Waals surface area contributed by atoms with Crippen molar-refractivity contribution in [1.29, 1.82) is 0 Å². The average molecular weight is 1910 g/mol. The number of amides is 2. The van der Waals surface area contributed by atoms with E-state index in [1.807, 2.05) is 26.8 Å². The number of rotatable bonds is 23. The third-order valence-electron chi connectivity index (χ3n) is 25.2. The molecular formula is C99H170BN2O30Si. The van der Waals surface area contributed by atoms with Crippen molar-refractivity contribution in [2.75, 3.05) is 66.1 Å². The summed E-state index contributed by atoms with van der Waals surface area (Å²) in [4.78, 5) is 156. The molecule has 6 saturated carbocycles. The third-order valence-corrected chi connectivity index (χ3v) is 26.8. The van der Waals surface area contributed by atoms with Gasteiger partial charge in [0.25, 0.3) is 0 Å². The van der Waals surface area contributed by atoms with Crippen LogP contribution in [0.5, 0.6) is 0 Å². The summed E-state index contributed by atoms with van der Waals surface area (Å²) < 4.78 is 64.3. The van der Waals surface area contributed by atoms with Gasteiger partial charge in [-0.3, -0.25) is 72.7 Å². The number of hydrogen-bond acceptors (Lipinski definition) is 30. The molecule has 3 spiro atoms. The summed E-state index contributed by atoms with van der Waals surface area (Å²) in [6.07, 6.45) is 22.2. The fourth-order valence-corrected chi connectivity index (χ4v) is 19.9. The number of carbonyl (C=O) groups is 13. The number of hydrogen-bond donors (Lipinski definition) is 7. The van der Waals surface area contributed by atoms with Crippen LogP contribution in [0.15, 0.2) is 25.3 Å². The second kappa shape index (κ2) is 56.9. The summed E-state index contributed by atoms with van der Waals surface area (Å²) in [6.45, 7) is 51.1. The zero-order chi connectivity index (χ0) is 100. The van der Waals surface area contributed by atoms with Crippen molar-refractivity contribution in [3.63, 3.8) is 0 Å². The predicted molar refractivity (Wildman–Crippen MR) is 503 cm³/mol. The molecule has 4 aliphatic heterocycles. The molecule has 763 valence electrons. The number of ketones is 3. The van der Waals surface area contributed by atoms with Crippen molar-refractivity contribution in [2.45, 2.75) is 387 Å². The molecule has 0 aromatic heterocycles. The number of ether oxygens (including phenoxy) is 12. The number of aliphatic hydroxyl groups is 3. The lowest BCUT2D eigenvalue weighted by molar-refractivity contribution is -0.176. The van der Waals surface area contributed by atoms with E-state index in [1.165, 1.54) is 32.7 Å². The molecule has 34 heteroatoms. The van der Waals surface area contributed by atoms with E-state index in [1.54, 1.807) is 107 Å². The molecule has 4 saturated heterocycles. The first kappa shape index (κ1) is 122. The van der Waals surface area contributed by atoms with Crippen LogP contribution in [0.25, 0.3) is 0 Å². The van der Waals surface area contributed by atoms with E-state index in [4.69, 9.17) is 72.4 Å². The summed E-state index contributed by atoms with van der Waals surface area (Å²) >= 11 is 0. The Morgan fingerprint density at radius 1 is 0.414 bits per heavy atom. The van der Waals surface area contributed by atoms with Gasteiger partial charge in [-0.05, 0) is 304 Å². The van der Waals surface area contributed by atoms with Crippen LogP contribution in [-0.4, -0.2) is 236 Å². The summed E-state index contributed by atoms with van der Waals surface area (Å²) in [5.74, 6) is -10.3. The van der Waals surface area contributed by atoms with Crippen LogP contribution < -0.4 is 11.0 Å². The van der Waals surface area contributed by atoms with Gasteiger partial charge >= 0.3 is 47.8 Å². The molecule has 0 aromatic carbocycles. The van der Waals surface area contributed by atoms with Gasteiger partial charge in [0.2, 0.25) is 11.8 Å². The van der Waals surface area contributed by atoms with Crippen LogP contribution in [0.1, 0.15) is 311 Å². The van der Waals surface area contributed by atoms with Crippen LogP contribution in [-0.2, 0) is 119 Å². The highest BCUT2D eigenvalue weighted by Crippen LogP contribution is 2.50. The monoisotopic (exact) mass is 1910 g/mol. The Labute approximate surface area is 794 Å². The van der Waals surface area contributed by atoms with Gasteiger partial charge in [0.1, 0.15) is 39.8 Å². The van der Waals surface area contributed by atoms with Crippen molar-refractivity contribution >= 4 is 93.4 Å². The highest BCUT2D eigenvalue weighted by molar-refractivity contribution is 6.76. The molecule has 10 fully saturated rings. The molecule has 7 N–H and O–H groups in total. The lowest BCUT2D eigenvalue weighted by atomic mass is 9.69. The Kier molecular flexibility index (Phi) is 52.2. The first-order chi connectivity index (χ1) is 61.5. The summed E-state index contributed by atoms with van der Waals surface area (Å²) in [7, 11) is -0.775. The van der Waals surface area contributed by atoms with E-state index in [2.05, 4.69) is 32.8 Å². The molecule has 5 unspecified atom stereocenters. The Morgan fingerprint density at radius 2 is 0.737 bits per heavy atom. The molecule has 133 heavy (non-hydrogen) atoms. The molecule has 2 amide bonds. The van der Waals surface area contributed by atoms with Crippen LogP contribution in [0, 0.1) is 71.0 Å². The number of hydroxylamine groups is 2. The maximum Gasteiger partial charge on any atom is 0.310 e. The largest absolute Gasteiger partial charge is 0.466 e. The second-order valence-electron chi connectivity index (χ2n) is 42.1. The lowest BCUT2D eigenvalue weighted by Crippen LogP contribution is -2.46. The molecule has 0 aromatic rings. The van der Waals surface area contributed by atoms with Gasteiger partial charge < -0.3 is 72.2 Å². The molecule has 6 aliphatic carbocycles. The van der Waals surface area contributed by atoms with E-state index in [-0.39, 0.29) is 118 Å². The number of nitrogens with one attached hydrogen (secondary N) is 2. The minimum Gasteiger partial charge on any atom is -0.466 e. The number of aliphatic hydroxyl groups excluding tert-OH is 1. The van der Waals surface area contributed by atoms with Crippen molar-refractivity contribution in [3.05, 3.63) is 25.3 Å². The molecule has 17 atom stereocenters. The quantitative estimate of drug-likeness (QED) is 0.0125. The molecule has 32 nitrogen and oxygen atoms in total. The van der Waals surface area contributed by atoms with E-state index < -0.39 is 143 Å². The Hall–Kier alpha value is -6.89. The third kappa shape index (κ3) is 43.0. The first-order valence-corrected chi connectivity index (χ1v) is 51.9. The first-order valence-electron chi connectivity index (χ1n) is 48.2. The van der Waals surface area contributed by atoms with E-state index in [0.717, 1.165) is 90.8 Å². The molecular weight excluding hydrogens is 1740 g/mol. The van der Waals surface area contributed by atoms with Crippen LogP contribution in [0.3, 0.4) is 0 Å². The van der Waals surface area contributed by atoms with Gasteiger partial charge in [-0.25, -0.2) is 11.0 Å². The zero-order valence-electron chi connectivity index (χ0n) is 84.7. The summed E-state index contributed by atoms with van der Waals surface area (Å²) in [5, 5.41) is 47.7. The number of allylic oxidation sites excluding steroid dienone is 1. The number of carbonyl (C=O) groups excluding carboxylic acids is 13. The van der Waals surface area contributed by atoms with Gasteiger partial charge in [-0.2, -0.15) is 0 Å². The normalized spacial score (nSPS) is 29.3. The predicted octanol–water partition coefficient (Wildman–Crippen LogP) is 13.6. The fourth-order valence-electron chi connectivity index (χ4n) is 19.0. The van der Waals surface area contributed by atoms with Crippen LogP contribution in [0.2, 0.25) is 25.7 Å². The zero-order valence-corrected chi connectivity index (χ0v) is 85.7. The highest BCUT2D eigenvalue weighted by atomic mass is 28.3. The van der Waals surface area contributed by atoms with Gasteiger partial charge in [-0.15, -0.1) is 13.2 Å². The van der Waals surface area contributed by atoms with Crippen molar-refractivity contribution in [3.8, 4) is 0 Å². The maximum absolute atomic E-state index is 12.6. The van der Waals surface area contributed by atoms with E-state index in [0.29, 0.717) is 103 Å².